The summed E-state index contributed by atoms with van der Waals surface area (Å²) in [6.07, 6.45) is 0. The molecule has 0 aliphatic carbocycles. The zero-order chi connectivity index (χ0) is 36.2. The van der Waals surface area contributed by atoms with E-state index in [0.29, 0.717) is 16.9 Å². The summed E-state index contributed by atoms with van der Waals surface area (Å²) >= 11 is 0. The standard InChI is InChI=1S/C50H30N4/c1-51-48-39(33-19-7-3-8-20-33)31-40(49(52-2)45(48)34-21-9-4-10-22-34)41-32-44-46(37-27-15-17-29-42(37)53(44)35-23-11-5-12-24-35)47-38-28-16-18-30-43(38)54(50(41)47)36-25-13-6-14-26-36/h3-32H. The summed E-state index contributed by atoms with van der Waals surface area (Å²) in [4.78, 5) is 8.48. The minimum atomic E-state index is 0.458. The smallest absolute Gasteiger partial charge is 0.192 e. The molecule has 2 aromatic heterocycles. The average Bonchev–Trinajstić information content (AvgIpc) is 3.77. The Hall–Kier alpha value is -7.66. The molecule has 0 spiro atoms. The zero-order valence-corrected chi connectivity index (χ0v) is 29.1. The van der Waals surface area contributed by atoms with Gasteiger partial charge in [0.15, 0.2) is 11.4 Å². The summed E-state index contributed by atoms with van der Waals surface area (Å²) in [6, 6.07) is 62.7. The first kappa shape index (κ1) is 31.1. The molecule has 10 aromatic rings. The van der Waals surface area contributed by atoms with E-state index < -0.39 is 0 Å². The third-order valence-corrected chi connectivity index (χ3v) is 10.5. The van der Waals surface area contributed by atoms with E-state index in [2.05, 4.69) is 128 Å². The van der Waals surface area contributed by atoms with Gasteiger partial charge in [-0.3, -0.25) is 0 Å². The summed E-state index contributed by atoms with van der Waals surface area (Å²) in [5, 5.41) is 4.58. The molecule has 0 unspecified atom stereocenters. The highest BCUT2D eigenvalue weighted by Gasteiger charge is 2.28. The highest BCUT2D eigenvalue weighted by molar-refractivity contribution is 6.32. The SMILES string of the molecule is [C-]#[N+]c1c(-c2ccccc2)cc(-c2cc3c(c4ccccc4n3-c3ccccc3)c3c4ccccc4n(-c4ccccc4)c23)c([N+]#[C-])c1-c1ccccc1. The lowest BCUT2D eigenvalue weighted by Crippen LogP contribution is -1.98. The van der Waals surface area contributed by atoms with E-state index in [9.17, 15) is 0 Å². The molecule has 4 nitrogen and oxygen atoms in total. The lowest BCUT2D eigenvalue weighted by molar-refractivity contribution is 1.17. The predicted molar refractivity (Wildman–Crippen MR) is 224 cm³/mol. The van der Waals surface area contributed by atoms with Gasteiger partial charge in [-0.2, -0.15) is 0 Å². The van der Waals surface area contributed by atoms with Crippen LogP contribution >= 0.6 is 0 Å². The first-order valence-electron chi connectivity index (χ1n) is 17.9. The van der Waals surface area contributed by atoms with Gasteiger partial charge < -0.3 is 9.13 Å². The van der Waals surface area contributed by atoms with Crippen LogP contribution in [-0.4, -0.2) is 9.13 Å². The molecule has 0 aliphatic heterocycles. The van der Waals surface area contributed by atoms with E-state index in [1.54, 1.807) is 0 Å². The molecular formula is C50H30N4. The maximum Gasteiger partial charge on any atom is 0.192 e. The van der Waals surface area contributed by atoms with Crippen molar-refractivity contribution in [3.8, 4) is 44.8 Å². The fourth-order valence-corrected chi connectivity index (χ4v) is 8.33. The number of rotatable bonds is 5. The molecule has 0 saturated carbocycles. The minimum Gasteiger partial charge on any atom is -0.309 e. The maximum absolute atomic E-state index is 8.84. The van der Waals surface area contributed by atoms with Crippen LogP contribution < -0.4 is 0 Å². The average molecular weight is 687 g/mol. The normalized spacial score (nSPS) is 11.3. The summed E-state index contributed by atoms with van der Waals surface area (Å²) < 4.78 is 4.71. The van der Waals surface area contributed by atoms with Gasteiger partial charge in [0.25, 0.3) is 0 Å². The molecule has 10 rings (SSSR count). The molecule has 0 bridgehead atoms. The van der Waals surface area contributed by atoms with Crippen LogP contribution in [0.5, 0.6) is 0 Å². The molecule has 0 N–H and O–H groups in total. The largest absolute Gasteiger partial charge is 0.309 e. The Morgan fingerprint density at radius 3 is 1.43 bits per heavy atom. The Kier molecular flexibility index (Phi) is 7.22. The number of fused-ring (bicyclic) bond motifs is 7. The molecule has 0 atom stereocenters. The molecule has 0 aliphatic rings. The second kappa shape index (κ2) is 12.5. The Morgan fingerprint density at radius 2 is 0.833 bits per heavy atom. The van der Waals surface area contributed by atoms with Gasteiger partial charge in [0, 0.05) is 32.9 Å². The number of nitrogens with zero attached hydrogens (tertiary/aromatic N) is 4. The van der Waals surface area contributed by atoms with Gasteiger partial charge in [-0.25, -0.2) is 9.69 Å². The minimum absolute atomic E-state index is 0.458. The quantitative estimate of drug-likeness (QED) is 0.161. The molecule has 0 saturated heterocycles. The lowest BCUT2D eigenvalue weighted by atomic mass is 9.88. The van der Waals surface area contributed by atoms with E-state index in [4.69, 9.17) is 13.1 Å². The summed E-state index contributed by atoms with van der Waals surface area (Å²) in [5.41, 5.74) is 12.2. The van der Waals surface area contributed by atoms with E-state index >= 15 is 0 Å². The van der Waals surface area contributed by atoms with Gasteiger partial charge in [0.2, 0.25) is 0 Å². The van der Waals surface area contributed by atoms with Gasteiger partial charge in [0.05, 0.1) is 35.2 Å². The third kappa shape index (κ3) is 4.61. The van der Waals surface area contributed by atoms with Gasteiger partial charge in [0.1, 0.15) is 0 Å². The van der Waals surface area contributed by atoms with Crippen LogP contribution in [0, 0.1) is 13.1 Å². The van der Waals surface area contributed by atoms with Gasteiger partial charge in [-0.05, 0) is 75.8 Å². The van der Waals surface area contributed by atoms with Gasteiger partial charge in [-0.1, -0.05) is 140 Å². The number of benzene rings is 8. The Labute approximate surface area is 312 Å². The summed E-state index contributed by atoms with van der Waals surface area (Å²) in [6.45, 7) is 17.4. The summed E-state index contributed by atoms with van der Waals surface area (Å²) in [5.74, 6) is 0. The van der Waals surface area contributed by atoms with Crippen LogP contribution in [0.1, 0.15) is 0 Å². The van der Waals surface area contributed by atoms with Crippen molar-refractivity contribution >= 4 is 55.0 Å². The lowest BCUT2D eigenvalue weighted by Gasteiger charge is -2.19. The number of aromatic nitrogens is 2. The van der Waals surface area contributed by atoms with Crippen molar-refractivity contribution < 1.29 is 0 Å². The monoisotopic (exact) mass is 686 g/mol. The molecule has 54 heavy (non-hydrogen) atoms. The van der Waals surface area contributed by atoms with Crippen LogP contribution in [-0.2, 0) is 0 Å². The Bertz CT molecular complexity index is 3140. The Balaban J connectivity index is 1.50. The topological polar surface area (TPSA) is 18.6 Å². The third-order valence-electron chi connectivity index (χ3n) is 10.5. The first-order chi connectivity index (χ1) is 26.8. The maximum atomic E-state index is 8.84. The van der Waals surface area contributed by atoms with Crippen LogP contribution in [0.3, 0.4) is 0 Å². The van der Waals surface area contributed by atoms with Gasteiger partial charge in [-0.15, -0.1) is 0 Å². The van der Waals surface area contributed by atoms with Crippen LogP contribution in [0.2, 0.25) is 0 Å². The van der Waals surface area contributed by atoms with E-state index in [1.165, 1.54) is 0 Å². The van der Waals surface area contributed by atoms with Crippen molar-refractivity contribution in [2.24, 2.45) is 0 Å². The first-order valence-corrected chi connectivity index (χ1v) is 17.9. The second-order valence-electron chi connectivity index (χ2n) is 13.4. The number of hydrogen-bond donors (Lipinski definition) is 0. The molecule has 4 heteroatoms. The van der Waals surface area contributed by atoms with Crippen molar-refractivity contribution in [3.05, 3.63) is 205 Å². The van der Waals surface area contributed by atoms with Crippen LogP contribution in [0.4, 0.5) is 11.4 Å². The second-order valence-corrected chi connectivity index (χ2v) is 13.4. The van der Waals surface area contributed by atoms with E-state index in [0.717, 1.165) is 82.8 Å². The fourth-order valence-electron chi connectivity index (χ4n) is 8.33. The van der Waals surface area contributed by atoms with Crippen molar-refractivity contribution in [1.29, 1.82) is 0 Å². The van der Waals surface area contributed by atoms with E-state index in [1.807, 2.05) is 72.8 Å². The molecule has 0 amide bonds. The van der Waals surface area contributed by atoms with Crippen molar-refractivity contribution in [1.82, 2.24) is 9.13 Å². The molecule has 8 aromatic carbocycles. The summed E-state index contributed by atoms with van der Waals surface area (Å²) in [7, 11) is 0. The molecule has 250 valence electrons. The highest BCUT2D eigenvalue weighted by atomic mass is 15.0. The molecule has 0 fully saturated rings. The fraction of sp³-hybridized carbons (Fsp3) is 0. The zero-order valence-electron chi connectivity index (χ0n) is 29.1. The van der Waals surface area contributed by atoms with Gasteiger partial charge >= 0.3 is 0 Å². The van der Waals surface area contributed by atoms with Crippen LogP contribution in [0.15, 0.2) is 182 Å². The molecule has 2 heterocycles. The number of para-hydroxylation sites is 4. The molecule has 0 radical (unpaired) electrons. The van der Waals surface area contributed by atoms with Crippen molar-refractivity contribution in [2.75, 3.05) is 0 Å². The van der Waals surface area contributed by atoms with E-state index in [-0.39, 0.29) is 0 Å². The van der Waals surface area contributed by atoms with Crippen molar-refractivity contribution in [3.63, 3.8) is 0 Å². The Morgan fingerprint density at radius 1 is 0.370 bits per heavy atom. The predicted octanol–water partition coefficient (Wildman–Crippen LogP) is 14.0. The van der Waals surface area contributed by atoms with Crippen molar-refractivity contribution in [2.45, 2.75) is 0 Å². The van der Waals surface area contributed by atoms with Crippen LogP contribution in [0.25, 0.3) is 98.1 Å². The molecular weight excluding hydrogens is 657 g/mol. The number of hydrogen-bond acceptors (Lipinski definition) is 0. The highest BCUT2D eigenvalue weighted by Crippen LogP contribution is 2.54.